The maximum absolute atomic E-state index is 9.31. The van der Waals surface area contributed by atoms with Crippen molar-refractivity contribution in [1.82, 2.24) is 9.29 Å². The fraction of sp³-hybridized carbons (Fsp3) is 0.292. The number of ether oxygens (including phenoxy) is 1. The number of nitrogens with zero attached hydrogens (tertiary/aromatic N) is 1. The molecule has 1 radical (unpaired) electrons. The van der Waals surface area contributed by atoms with Crippen molar-refractivity contribution >= 4 is 43.0 Å². The Morgan fingerprint density at radius 3 is 2.45 bits per heavy atom. The molecule has 0 amide bonds. The number of carbonyl (C=O) groups excluding carboxylic acids is 1. The van der Waals surface area contributed by atoms with Crippen LogP contribution in [0.1, 0.15) is 23.6 Å². The van der Waals surface area contributed by atoms with Crippen molar-refractivity contribution in [2.45, 2.75) is 20.3 Å². The third kappa shape index (κ3) is 10.7. The molecule has 177 valence electrons. The number of hydrogen-bond acceptors (Lipinski definition) is 6. The first-order valence-corrected chi connectivity index (χ1v) is 12.4. The normalized spacial score (nSPS) is 9.88. The van der Waals surface area contributed by atoms with E-state index in [0.29, 0.717) is 8.81 Å². The molecule has 0 saturated heterocycles. The van der Waals surface area contributed by atoms with Gasteiger partial charge in [0.05, 0.1) is 12.8 Å². The molecule has 0 aliphatic carbocycles. The van der Waals surface area contributed by atoms with Crippen molar-refractivity contribution in [2.24, 2.45) is 7.05 Å². The predicted octanol–water partition coefficient (Wildman–Crippen LogP) is 5.89. The summed E-state index contributed by atoms with van der Waals surface area (Å²) in [7, 11) is 5.91. The summed E-state index contributed by atoms with van der Waals surface area (Å²) in [6.07, 6.45) is 4.77. The van der Waals surface area contributed by atoms with Gasteiger partial charge in [-0.25, -0.2) is 0 Å². The third-order valence-corrected chi connectivity index (χ3v) is 4.97. The fourth-order valence-corrected chi connectivity index (χ4v) is 3.36. The van der Waals surface area contributed by atoms with Crippen molar-refractivity contribution in [3.8, 4) is 5.75 Å². The molecule has 3 rings (SSSR count). The van der Waals surface area contributed by atoms with E-state index in [4.69, 9.17) is 9.36 Å². The minimum atomic E-state index is 0. The summed E-state index contributed by atoms with van der Waals surface area (Å²) >= 11 is 1.03. The van der Waals surface area contributed by atoms with Crippen LogP contribution in [0.15, 0.2) is 55.3 Å². The molecule has 3 aromatic rings. The molecular formula is C24H34N3O3PSY. The van der Waals surface area contributed by atoms with Gasteiger partial charge in [0.25, 0.3) is 0 Å². The van der Waals surface area contributed by atoms with Crippen LogP contribution in [0.4, 0.5) is 5.69 Å². The molecule has 33 heavy (non-hydrogen) atoms. The Labute approximate surface area is 229 Å². The Hall–Kier alpha value is -1.21. The van der Waals surface area contributed by atoms with E-state index in [0.717, 1.165) is 35.4 Å². The van der Waals surface area contributed by atoms with E-state index >= 15 is 0 Å². The Kier molecular flexibility index (Phi) is 17.5. The molecule has 0 aliphatic heterocycles. The van der Waals surface area contributed by atoms with Gasteiger partial charge in [0, 0.05) is 72.1 Å². The maximum Gasteiger partial charge on any atom is 0.191 e. The number of rotatable bonds is 8. The van der Waals surface area contributed by atoms with Gasteiger partial charge in [0.2, 0.25) is 0 Å². The summed E-state index contributed by atoms with van der Waals surface area (Å²) in [5.74, 6) is 0.941. The molecule has 1 aromatic heterocycles. The molecule has 6 nitrogen and oxygen atoms in total. The molecule has 0 bridgehead atoms. The van der Waals surface area contributed by atoms with Crippen LogP contribution in [0.5, 0.6) is 5.75 Å². The van der Waals surface area contributed by atoms with Crippen LogP contribution < -0.4 is 14.9 Å². The van der Waals surface area contributed by atoms with Crippen LogP contribution in [-0.4, -0.2) is 31.0 Å². The number of fused-ring (bicyclic) bond motifs is 1. The van der Waals surface area contributed by atoms with Crippen molar-refractivity contribution in [3.05, 3.63) is 71.9 Å². The first-order chi connectivity index (χ1) is 15.4. The monoisotopic (exact) mass is 564 g/mol. The van der Waals surface area contributed by atoms with E-state index in [-0.39, 0.29) is 32.7 Å². The Morgan fingerprint density at radius 1 is 1.21 bits per heavy atom. The number of nitrogens with one attached hydrogen (secondary N) is 2. The summed E-state index contributed by atoms with van der Waals surface area (Å²) in [5.41, 5.74) is 9.59. The third-order valence-electron chi connectivity index (χ3n) is 4.33. The summed E-state index contributed by atoms with van der Waals surface area (Å²) in [6.45, 7) is 9.32. The second kappa shape index (κ2) is 18.2. The predicted molar refractivity (Wildman–Crippen MR) is 142 cm³/mol. The van der Waals surface area contributed by atoms with Crippen LogP contribution in [-0.2, 0) is 55.6 Å². The van der Waals surface area contributed by atoms with Gasteiger partial charge in [-0.2, -0.15) is 0 Å². The molecule has 2 N–H and O–H groups in total. The summed E-state index contributed by atoms with van der Waals surface area (Å²) in [4.78, 5) is 9.31. The van der Waals surface area contributed by atoms with E-state index in [1.165, 1.54) is 27.6 Å². The van der Waals surface area contributed by atoms with E-state index in [2.05, 4.69) is 71.8 Å². The van der Waals surface area contributed by atoms with Crippen molar-refractivity contribution in [1.29, 1.82) is 0 Å². The number of benzene rings is 2. The van der Waals surface area contributed by atoms with Gasteiger partial charge in [-0.05, 0) is 80.5 Å². The number of allylic oxidation sites excluding steroid dienone is 1. The number of aromatic nitrogens is 1. The first kappa shape index (κ1) is 31.8. The van der Waals surface area contributed by atoms with Gasteiger partial charge in [-0.1, -0.05) is 18.2 Å². The average molecular weight is 565 g/mol. The standard InChI is InChI=1S/C19H23N2O2P.C3H6.C2H5NOS.Y/c1-13-5-6-14(19(9-13)22-3)10-15-12-21(2)18-8-7-16(11-17(15)18)20-23-24-4;1-3-2;1-3-5-2-4;/h5-9,11-12,20,24H,10H2,1-4H3;3H,1H2,2H3;2-3H,1H3;. The largest absolute Gasteiger partial charge is 0.496 e. The van der Waals surface area contributed by atoms with Gasteiger partial charge < -0.3 is 9.30 Å². The zero-order valence-corrected chi connectivity index (χ0v) is 24.9. The number of aryl methyl sites for hydroxylation is 2. The summed E-state index contributed by atoms with van der Waals surface area (Å²) < 4.78 is 15.6. The first-order valence-electron chi connectivity index (χ1n) is 10.1. The van der Waals surface area contributed by atoms with Gasteiger partial charge in [0.15, 0.2) is 5.62 Å². The molecule has 0 fully saturated rings. The number of anilines is 1. The molecule has 0 saturated carbocycles. The van der Waals surface area contributed by atoms with E-state index < -0.39 is 0 Å². The minimum Gasteiger partial charge on any atom is -0.496 e. The molecule has 2 aromatic carbocycles. The molecule has 1 atom stereocenters. The van der Waals surface area contributed by atoms with Gasteiger partial charge >= 0.3 is 0 Å². The molecule has 9 heteroatoms. The van der Waals surface area contributed by atoms with Crippen LogP contribution >= 0.6 is 20.8 Å². The van der Waals surface area contributed by atoms with Crippen molar-refractivity contribution < 1.29 is 46.9 Å². The Bertz CT molecular complexity index is 998. The Balaban J connectivity index is 0.000000991. The average Bonchev–Trinajstić information content (AvgIpc) is 3.09. The zero-order chi connectivity index (χ0) is 23.9. The summed E-state index contributed by atoms with van der Waals surface area (Å²) in [6, 6.07) is 12.7. The van der Waals surface area contributed by atoms with E-state index in [1.54, 1.807) is 20.2 Å². The Morgan fingerprint density at radius 2 is 1.91 bits per heavy atom. The smallest absolute Gasteiger partial charge is 0.191 e. The van der Waals surface area contributed by atoms with E-state index in [9.17, 15) is 4.79 Å². The van der Waals surface area contributed by atoms with Crippen LogP contribution in [0, 0.1) is 6.92 Å². The maximum atomic E-state index is 9.31. The number of methoxy groups -OCH3 is 1. The molecule has 0 spiro atoms. The molecule has 1 unspecified atom stereocenters. The zero-order valence-electron chi connectivity index (χ0n) is 20.3. The number of hydrogen-bond donors (Lipinski definition) is 2. The van der Waals surface area contributed by atoms with Gasteiger partial charge in [-0.15, -0.1) is 6.58 Å². The van der Waals surface area contributed by atoms with Gasteiger partial charge in [-0.3, -0.25) is 19.6 Å². The molecule has 0 aliphatic rings. The topological polar surface area (TPSA) is 64.5 Å². The van der Waals surface area contributed by atoms with Crippen LogP contribution in [0.3, 0.4) is 0 Å². The second-order valence-corrected chi connectivity index (χ2v) is 8.17. The summed E-state index contributed by atoms with van der Waals surface area (Å²) in [5, 5.41) is 1.23. The van der Waals surface area contributed by atoms with E-state index in [1.807, 2.05) is 19.7 Å². The van der Waals surface area contributed by atoms with Crippen molar-refractivity contribution in [2.75, 3.05) is 26.3 Å². The minimum absolute atomic E-state index is 0. The fourth-order valence-electron chi connectivity index (χ4n) is 3.04. The SMILES string of the molecule is C=CC.CNSC=O.COc1cc(C)ccc1Cc1cn(C)c2ccc(NOPC)cc12.[Y]. The second-order valence-electron chi connectivity index (χ2n) is 6.72. The van der Waals surface area contributed by atoms with Gasteiger partial charge in [0.1, 0.15) is 5.75 Å². The molecule has 1 heterocycles. The van der Waals surface area contributed by atoms with Crippen LogP contribution in [0.2, 0.25) is 0 Å². The number of carbonyl (C=O) groups is 1. The quantitative estimate of drug-likeness (QED) is 0.117. The molecular weight excluding hydrogens is 530 g/mol. The van der Waals surface area contributed by atoms with Crippen LogP contribution in [0.25, 0.3) is 10.9 Å². The van der Waals surface area contributed by atoms with Crippen molar-refractivity contribution in [3.63, 3.8) is 0 Å².